The minimum atomic E-state index is 0.876. The van der Waals surface area contributed by atoms with Gasteiger partial charge in [-0.25, -0.2) is 0 Å². The van der Waals surface area contributed by atoms with Crippen molar-refractivity contribution in [2.45, 2.75) is 6.92 Å². The molecule has 2 aromatic carbocycles. The number of rotatable bonds is 2. The molecule has 0 spiro atoms. The Balaban J connectivity index is 2.15. The van der Waals surface area contributed by atoms with Gasteiger partial charge in [-0.1, -0.05) is 17.7 Å². The molecule has 0 N–H and O–H groups in total. The zero-order valence-corrected chi connectivity index (χ0v) is 11.0. The number of halogens is 1. The Kier molecular flexibility index (Phi) is 3.66. The van der Waals surface area contributed by atoms with Gasteiger partial charge in [-0.15, -0.1) is 0 Å². The van der Waals surface area contributed by atoms with Crippen LogP contribution in [0.2, 0.25) is 0 Å². The van der Waals surface area contributed by atoms with Gasteiger partial charge in [-0.2, -0.15) is 10.2 Å². The fourth-order valence-electron chi connectivity index (χ4n) is 1.23. The lowest BCUT2D eigenvalue weighted by Crippen LogP contribution is -1.69. The van der Waals surface area contributed by atoms with Gasteiger partial charge in [-0.05, 0) is 65.9 Å². The molecule has 0 fully saturated rings. The van der Waals surface area contributed by atoms with Gasteiger partial charge in [-0.3, -0.25) is 0 Å². The Morgan fingerprint density at radius 3 is 1.69 bits per heavy atom. The summed E-state index contributed by atoms with van der Waals surface area (Å²) in [6.45, 7) is 2.06. The Labute approximate surface area is 109 Å². The third kappa shape index (κ3) is 3.13. The van der Waals surface area contributed by atoms with Crippen molar-refractivity contribution in [1.82, 2.24) is 0 Å². The van der Waals surface area contributed by atoms with Crippen LogP contribution in [-0.4, -0.2) is 0 Å². The second kappa shape index (κ2) is 5.21. The summed E-state index contributed by atoms with van der Waals surface area (Å²) in [6.07, 6.45) is 0. The first kappa shape index (κ1) is 11.3. The second-order valence-electron chi connectivity index (χ2n) is 3.51. The minimum Gasteiger partial charge on any atom is -0.151 e. The van der Waals surface area contributed by atoms with Crippen LogP contribution in [0, 0.1) is 10.5 Å². The topological polar surface area (TPSA) is 24.7 Å². The summed E-state index contributed by atoms with van der Waals surface area (Å²) >= 11 is 2.27. The first-order valence-electron chi connectivity index (χ1n) is 4.98. The molecule has 0 bridgehead atoms. The summed E-state index contributed by atoms with van der Waals surface area (Å²) in [7, 11) is 0. The van der Waals surface area contributed by atoms with Gasteiger partial charge in [0.2, 0.25) is 0 Å². The van der Waals surface area contributed by atoms with E-state index in [0.717, 1.165) is 11.4 Å². The van der Waals surface area contributed by atoms with Crippen LogP contribution in [0.3, 0.4) is 0 Å². The van der Waals surface area contributed by atoms with E-state index in [2.05, 4.69) is 39.7 Å². The lowest BCUT2D eigenvalue weighted by Gasteiger charge is -1.94. The molecule has 0 saturated carbocycles. The van der Waals surface area contributed by atoms with E-state index in [9.17, 15) is 0 Å². The predicted molar refractivity (Wildman–Crippen MR) is 74.5 cm³/mol. The smallest absolute Gasteiger partial charge is 0.0857 e. The van der Waals surface area contributed by atoms with Crippen LogP contribution >= 0.6 is 22.6 Å². The molecule has 0 aromatic heterocycles. The third-order valence-corrected chi connectivity index (χ3v) is 2.86. The maximum atomic E-state index is 4.17. The lowest BCUT2D eigenvalue weighted by atomic mass is 10.2. The number of nitrogens with zero attached hydrogens (tertiary/aromatic N) is 2. The number of hydrogen-bond donors (Lipinski definition) is 0. The summed E-state index contributed by atoms with van der Waals surface area (Å²) in [5, 5.41) is 8.34. The van der Waals surface area contributed by atoms with Crippen molar-refractivity contribution in [2.24, 2.45) is 10.2 Å². The van der Waals surface area contributed by atoms with Gasteiger partial charge in [0, 0.05) is 3.57 Å². The van der Waals surface area contributed by atoms with Crippen molar-refractivity contribution >= 4 is 34.0 Å². The first-order chi connectivity index (χ1) is 7.74. The van der Waals surface area contributed by atoms with Crippen LogP contribution in [-0.2, 0) is 0 Å². The Morgan fingerprint density at radius 2 is 1.19 bits per heavy atom. The van der Waals surface area contributed by atoms with E-state index in [1.165, 1.54) is 9.13 Å². The highest BCUT2D eigenvalue weighted by molar-refractivity contribution is 14.1. The van der Waals surface area contributed by atoms with Crippen LogP contribution in [0.15, 0.2) is 58.8 Å². The predicted octanol–water partition coefficient (Wildman–Crippen LogP) is 5.02. The fourth-order valence-corrected chi connectivity index (χ4v) is 1.59. The Bertz CT molecular complexity index is 439. The molecule has 2 aromatic rings. The van der Waals surface area contributed by atoms with E-state index in [4.69, 9.17) is 0 Å². The van der Waals surface area contributed by atoms with Crippen molar-refractivity contribution in [3.05, 3.63) is 57.7 Å². The normalized spacial score (nSPS) is 10.9. The average molecular weight is 322 g/mol. The zero-order valence-electron chi connectivity index (χ0n) is 8.89. The van der Waals surface area contributed by atoms with Gasteiger partial charge < -0.3 is 0 Å². The van der Waals surface area contributed by atoms with Crippen molar-refractivity contribution < 1.29 is 0 Å². The Morgan fingerprint density at radius 1 is 0.750 bits per heavy atom. The van der Waals surface area contributed by atoms with Crippen LogP contribution in [0.1, 0.15) is 5.56 Å². The van der Waals surface area contributed by atoms with Gasteiger partial charge in [0.15, 0.2) is 0 Å². The average Bonchev–Trinajstić information content (AvgIpc) is 2.30. The van der Waals surface area contributed by atoms with E-state index in [1.54, 1.807) is 0 Å². The summed E-state index contributed by atoms with van der Waals surface area (Å²) in [5.41, 5.74) is 2.98. The molecular formula is C13H11IN2. The highest BCUT2D eigenvalue weighted by Crippen LogP contribution is 2.19. The van der Waals surface area contributed by atoms with Crippen molar-refractivity contribution in [3.63, 3.8) is 0 Å². The summed E-state index contributed by atoms with van der Waals surface area (Å²) in [6, 6.07) is 15.9. The maximum absolute atomic E-state index is 4.17. The molecule has 0 unspecified atom stereocenters. The molecule has 0 amide bonds. The van der Waals surface area contributed by atoms with Crippen LogP contribution < -0.4 is 0 Å². The molecule has 2 nitrogen and oxygen atoms in total. The molecule has 0 radical (unpaired) electrons. The monoisotopic (exact) mass is 322 g/mol. The zero-order chi connectivity index (χ0) is 11.4. The summed E-state index contributed by atoms with van der Waals surface area (Å²) in [5.74, 6) is 0. The number of azo groups is 1. The summed E-state index contributed by atoms with van der Waals surface area (Å²) < 4.78 is 1.20. The SMILES string of the molecule is Cc1ccc(/N=N/c2ccc(I)cc2)cc1. The first-order valence-corrected chi connectivity index (χ1v) is 6.06. The van der Waals surface area contributed by atoms with Gasteiger partial charge in [0.05, 0.1) is 11.4 Å². The van der Waals surface area contributed by atoms with Crippen molar-refractivity contribution in [2.75, 3.05) is 0 Å². The molecule has 3 heteroatoms. The molecule has 0 atom stereocenters. The van der Waals surface area contributed by atoms with Crippen LogP contribution in [0.25, 0.3) is 0 Å². The van der Waals surface area contributed by atoms with E-state index in [-0.39, 0.29) is 0 Å². The van der Waals surface area contributed by atoms with E-state index in [0.29, 0.717) is 0 Å². The molecule has 0 heterocycles. The van der Waals surface area contributed by atoms with Crippen molar-refractivity contribution in [1.29, 1.82) is 0 Å². The molecule has 0 saturated heterocycles. The van der Waals surface area contributed by atoms with Gasteiger partial charge in [0.25, 0.3) is 0 Å². The molecule has 80 valence electrons. The third-order valence-electron chi connectivity index (χ3n) is 2.14. The minimum absolute atomic E-state index is 0.876. The highest BCUT2D eigenvalue weighted by atomic mass is 127. The van der Waals surface area contributed by atoms with Crippen LogP contribution in [0.5, 0.6) is 0 Å². The molecule has 2 rings (SSSR count). The lowest BCUT2D eigenvalue weighted by molar-refractivity contribution is 1.23. The second-order valence-corrected chi connectivity index (χ2v) is 4.76. The Hall–Kier alpha value is -1.23. The molecule has 0 aliphatic carbocycles. The van der Waals surface area contributed by atoms with Gasteiger partial charge in [0.1, 0.15) is 0 Å². The largest absolute Gasteiger partial charge is 0.151 e. The van der Waals surface area contributed by atoms with E-state index >= 15 is 0 Å². The number of aryl methyl sites for hydroxylation is 1. The number of benzene rings is 2. The molecule has 0 aliphatic rings. The highest BCUT2D eigenvalue weighted by Gasteiger charge is 1.91. The molecular weight excluding hydrogens is 311 g/mol. The van der Waals surface area contributed by atoms with E-state index in [1.807, 2.05) is 48.5 Å². The maximum Gasteiger partial charge on any atom is 0.0857 e. The number of hydrogen-bond acceptors (Lipinski definition) is 2. The van der Waals surface area contributed by atoms with Crippen LogP contribution in [0.4, 0.5) is 11.4 Å². The van der Waals surface area contributed by atoms with Crippen molar-refractivity contribution in [3.8, 4) is 0 Å². The standard InChI is InChI=1S/C13H11IN2/c1-10-2-6-12(7-3-10)15-16-13-8-4-11(14)5-9-13/h2-9H,1H3/b16-15+. The quantitative estimate of drug-likeness (QED) is 0.548. The molecule has 0 aliphatic heterocycles. The summed E-state index contributed by atoms with van der Waals surface area (Å²) in [4.78, 5) is 0. The molecule has 16 heavy (non-hydrogen) atoms. The van der Waals surface area contributed by atoms with E-state index < -0.39 is 0 Å². The van der Waals surface area contributed by atoms with Gasteiger partial charge >= 0.3 is 0 Å². The fraction of sp³-hybridized carbons (Fsp3) is 0.0769.